The highest BCUT2D eigenvalue weighted by atomic mass is 32.1. The molecule has 0 aliphatic rings. The van der Waals surface area contributed by atoms with E-state index in [4.69, 9.17) is 0 Å². The van der Waals surface area contributed by atoms with Gasteiger partial charge in [0, 0.05) is 14.1 Å². The SMILES string of the molecule is CNC(=O)CNC(O)c1ccc2c(c1)nc(Nc1nc3ccc(C(F)(F)F)cc3s1)n2C. The third-order valence-corrected chi connectivity index (χ3v) is 5.82. The van der Waals surface area contributed by atoms with Crippen LogP contribution in [0.4, 0.5) is 24.3 Å². The molecule has 0 saturated heterocycles. The smallest absolute Gasteiger partial charge is 0.374 e. The summed E-state index contributed by atoms with van der Waals surface area (Å²) in [6, 6.07) is 8.61. The maximum absolute atomic E-state index is 12.9. The maximum atomic E-state index is 12.9. The molecule has 4 aromatic rings. The number of hydrogen-bond donors (Lipinski definition) is 4. The highest BCUT2D eigenvalue weighted by molar-refractivity contribution is 7.22. The van der Waals surface area contributed by atoms with Gasteiger partial charge < -0.3 is 20.3 Å². The minimum atomic E-state index is -4.42. The van der Waals surface area contributed by atoms with Crippen molar-refractivity contribution in [2.75, 3.05) is 18.9 Å². The van der Waals surface area contributed by atoms with Crippen molar-refractivity contribution in [3.63, 3.8) is 0 Å². The molecule has 2 heterocycles. The van der Waals surface area contributed by atoms with E-state index >= 15 is 0 Å². The van der Waals surface area contributed by atoms with E-state index in [2.05, 4.69) is 25.9 Å². The molecule has 2 aromatic carbocycles. The Labute approximate surface area is 184 Å². The first-order valence-corrected chi connectivity index (χ1v) is 10.3. The maximum Gasteiger partial charge on any atom is 0.416 e. The van der Waals surface area contributed by atoms with Crippen LogP contribution in [0.25, 0.3) is 21.3 Å². The molecule has 168 valence electrons. The fraction of sp³-hybridized carbons (Fsp3) is 0.250. The number of alkyl halides is 3. The molecule has 12 heteroatoms. The molecular formula is C20H19F3N6O2S. The van der Waals surface area contributed by atoms with Gasteiger partial charge in [0.15, 0.2) is 5.13 Å². The summed E-state index contributed by atoms with van der Waals surface area (Å²) in [6.45, 7) is -0.0433. The highest BCUT2D eigenvalue weighted by Crippen LogP contribution is 2.35. The molecule has 1 unspecified atom stereocenters. The minimum absolute atomic E-state index is 0.0433. The number of halogens is 3. The zero-order valence-electron chi connectivity index (χ0n) is 17.0. The Morgan fingerprint density at radius 3 is 2.69 bits per heavy atom. The van der Waals surface area contributed by atoms with Crippen molar-refractivity contribution in [2.24, 2.45) is 7.05 Å². The molecule has 32 heavy (non-hydrogen) atoms. The lowest BCUT2D eigenvalue weighted by molar-refractivity contribution is -0.137. The number of carbonyl (C=O) groups is 1. The Kier molecular flexibility index (Phi) is 5.75. The predicted octanol–water partition coefficient (Wildman–Crippen LogP) is 3.27. The molecule has 4 rings (SSSR count). The van der Waals surface area contributed by atoms with Crippen molar-refractivity contribution in [2.45, 2.75) is 12.4 Å². The highest BCUT2D eigenvalue weighted by Gasteiger charge is 2.30. The topological polar surface area (TPSA) is 104 Å². The van der Waals surface area contributed by atoms with Crippen molar-refractivity contribution >= 4 is 49.6 Å². The molecule has 0 saturated carbocycles. The summed E-state index contributed by atoms with van der Waals surface area (Å²) >= 11 is 1.10. The van der Waals surface area contributed by atoms with Crippen molar-refractivity contribution in [3.05, 3.63) is 47.5 Å². The number of fused-ring (bicyclic) bond motifs is 2. The van der Waals surface area contributed by atoms with Crippen LogP contribution in [0.3, 0.4) is 0 Å². The van der Waals surface area contributed by atoms with Gasteiger partial charge in [-0.15, -0.1) is 0 Å². The summed E-state index contributed by atoms with van der Waals surface area (Å²) < 4.78 is 41.0. The number of nitrogens with zero attached hydrogens (tertiary/aromatic N) is 3. The van der Waals surface area contributed by atoms with Gasteiger partial charge in [0.05, 0.1) is 33.4 Å². The lowest BCUT2D eigenvalue weighted by Gasteiger charge is -2.12. The van der Waals surface area contributed by atoms with Gasteiger partial charge in [-0.2, -0.15) is 13.2 Å². The number of aliphatic hydroxyl groups is 1. The van der Waals surface area contributed by atoms with Crippen LogP contribution in [-0.4, -0.2) is 39.1 Å². The van der Waals surface area contributed by atoms with Crippen LogP contribution >= 0.6 is 11.3 Å². The standard InChI is InChI=1S/C20H19F3N6O2S/c1-24-16(30)9-25-17(31)10-3-6-14-13(7-10)26-18(29(14)2)28-19-27-12-5-4-11(20(21,22)23)8-15(12)32-19/h3-8,17,25,31H,9H2,1-2H3,(H,24,30)(H,26,27,28). The van der Waals surface area contributed by atoms with E-state index in [1.54, 1.807) is 29.8 Å². The number of carbonyl (C=O) groups excluding carboxylic acids is 1. The van der Waals surface area contributed by atoms with E-state index in [9.17, 15) is 23.1 Å². The number of aliphatic hydroxyl groups excluding tert-OH is 1. The Balaban J connectivity index is 1.58. The molecule has 0 spiro atoms. The van der Waals surface area contributed by atoms with Gasteiger partial charge in [0.1, 0.15) is 6.23 Å². The van der Waals surface area contributed by atoms with Crippen molar-refractivity contribution in [1.29, 1.82) is 0 Å². The molecular weight excluding hydrogens is 445 g/mol. The second-order valence-electron chi connectivity index (χ2n) is 7.02. The molecule has 4 N–H and O–H groups in total. The molecule has 0 fully saturated rings. The van der Waals surface area contributed by atoms with Crippen molar-refractivity contribution < 1.29 is 23.1 Å². The Morgan fingerprint density at radius 2 is 1.97 bits per heavy atom. The fourth-order valence-electron chi connectivity index (χ4n) is 3.14. The first-order valence-electron chi connectivity index (χ1n) is 9.49. The van der Waals surface area contributed by atoms with E-state index in [0.29, 0.717) is 32.4 Å². The Hall–Kier alpha value is -3.22. The number of hydrogen-bond acceptors (Lipinski definition) is 7. The van der Waals surface area contributed by atoms with Gasteiger partial charge in [-0.05, 0) is 35.9 Å². The number of nitrogens with one attached hydrogen (secondary N) is 3. The number of thiazole rings is 1. The number of aryl methyl sites for hydroxylation is 1. The third kappa shape index (κ3) is 4.38. The van der Waals surface area contributed by atoms with E-state index in [1.807, 2.05) is 0 Å². The molecule has 0 aliphatic heterocycles. The number of imidazole rings is 1. The van der Waals surface area contributed by atoms with Gasteiger partial charge in [-0.1, -0.05) is 17.4 Å². The van der Waals surface area contributed by atoms with Gasteiger partial charge in [-0.25, -0.2) is 9.97 Å². The minimum Gasteiger partial charge on any atom is -0.374 e. The first-order chi connectivity index (χ1) is 15.2. The summed E-state index contributed by atoms with van der Waals surface area (Å²) in [6.07, 6.45) is -5.47. The van der Waals surface area contributed by atoms with Crippen molar-refractivity contribution in [3.8, 4) is 0 Å². The molecule has 0 aliphatic carbocycles. The number of benzene rings is 2. The first kappa shape index (κ1) is 22.0. The van der Waals surface area contributed by atoms with Crippen LogP contribution in [-0.2, 0) is 18.0 Å². The second-order valence-corrected chi connectivity index (χ2v) is 8.05. The van der Waals surface area contributed by atoms with Crippen molar-refractivity contribution in [1.82, 2.24) is 25.2 Å². The quantitative estimate of drug-likeness (QED) is 0.327. The monoisotopic (exact) mass is 464 g/mol. The lowest BCUT2D eigenvalue weighted by atomic mass is 10.1. The molecule has 8 nitrogen and oxygen atoms in total. The lowest BCUT2D eigenvalue weighted by Crippen LogP contribution is -2.33. The normalized spacial score (nSPS) is 12.9. The van der Waals surface area contributed by atoms with Crippen LogP contribution in [0.15, 0.2) is 36.4 Å². The second kappa shape index (κ2) is 8.37. The van der Waals surface area contributed by atoms with E-state index in [0.717, 1.165) is 29.0 Å². The summed E-state index contributed by atoms with van der Waals surface area (Å²) in [7, 11) is 3.29. The van der Waals surface area contributed by atoms with Gasteiger partial charge in [-0.3, -0.25) is 10.1 Å². The zero-order chi connectivity index (χ0) is 23.0. The van der Waals surface area contributed by atoms with Gasteiger partial charge in [0.25, 0.3) is 0 Å². The molecule has 2 aromatic heterocycles. The summed E-state index contributed by atoms with van der Waals surface area (Å²) in [5.41, 5.74) is 1.63. The van der Waals surface area contributed by atoms with Crippen LogP contribution in [0, 0.1) is 0 Å². The Bertz CT molecular complexity index is 1300. The number of likely N-dealkylation sites (N-methyl/N-ethyl adjacent to an activating group) is 1. The molecule has 0 radical (unpaired) electrons. The summed E-state index contributed by atoms with van der Waals surface area (Å²) in [5, 5.41) is 18.9. The van der Waals surface area contributed by atoms with E-state index in [1.165, 1.54) is 13.1 Å². The van der Waals surface area contributed by atoms with Crippen LogP contribution in [0.5, 0.6) is 0 Å². The van der Waals surface area contributed by atoms with Crippen LogP contribution in [0.2, 0.25) is 0 Å². The number of rotatable bonds is 6. The van der Waals surface area contributed by atoms with Crippen LogP contribution < -0.4 is 16.0 Å². The number of aromatic nitrogens is 3. The van der Waals surface area contributed by atoms with Crippen LogP contribution in [0.1, 0.15) is 17.4 Å². The average Bonchev–Trinajstić information content (AvgIpc) is 3.30. The largest absolute Gasteiger partial charge is 0.416 e. The molecule has 1 amide bonds. The number of anilines is 2. The number of amides is 1. The predicted molar refractivity (Wildman–Crippen MR) is 116 cm³/mol. The average molecular weight is 464 g/mol. The molecule has 1 atom stereocenters. The van der Waals surface area contributed by atoms with Gasteiger partial charge >= 0.3 is 6.18 Å². The third-order valence-electron chi connectivity index (χ3n) is 4.89. The van der Waals surface area contributed by atoms with E-state index in [-0.39, 0.29) is 12.5 Å². The summed E-state index contributed by atoms with van der Waals surface area (Å²) in [5.74, 6) is 0.188. The Morgan fingerprint density at radius 1 is 1.19 bits per heavy atom. The summed E-state index contributed by atoms with van der Waals surface area (Å²) in [4.78, 5) is 20.2. The fourth-order valence-corrected chi connectivity index (χ4v) is 4.04. The zero-order valence-corrected chi connectivity index (χ0v) is 17.8. The molecule has 0 bridgehead atoms. The van der Waals surface area contributed by atoms with E-state index < -0.39 is 18.0 Å². The van der Waals surface area contributed by atoms with Gasteiger partial charge in [0.2, 0.25) is 11.9 Å².